The van der Waals surface area contributed by atoms with E-state index in [1.54, 1.807) is 30.6 Å². The molecule has 0 radical (unpaired) electrons. The molecular weight excluding hydrogens is 427 g/mol. The molecule has 1 saturated carbocycles. The molecule has 32 heavy (non-hydrogen) atoms. The van der Waals surface area contributed by atoms with Crippen molar-refractivity contribution in [1.29, 1.82) is 0 Å². The molecule has 1 aromatic heterocycles. The number of hydrogen-bond acceptors (Lipinski definition) is 5. The first-order chi connectivity index (χ1) is 15.2. The Bertz CT molecular complexity index is 963. The molecule has 2 N–H and O–H groups in total. The number of methoxy groups -OCH3 is 1. The Kier molecular flexibility index (Phi) is 6.71. The van der Waals surface area contributed by atoms with E-state index in [0.29, 0.717) is 13.2 Å². The topological polar surface area (TPSA) is 71.5 Å². The number of aromatic nitrogens is 1. The highest BCUT2D eigenvalue weighted by Crippen LogP contribution is 2.57. The highest BCUT2D eigenvalue weighted by atomic mass is 32.1. The highest BCUT2D eigenvalue weighted by Gasteiger charge is 2.53. The number of thiazole rings is 1. The fourth-order valence-corrected chi connectivity index (χ4v) is 7.26. The third-order valence-corrected chi connectivity index (χ3v) is 8.79. The highest BCUT2D eigenvalue weighted by molar-refractivity contribution is 7.15. The third-order valence-electron chi connectivity index (χ3n) is 7.67. The Morgan fingerprint density at radius 1 is 1.41 bits per heavy atom. The summed E-state index contributed by atoms with van der Waals surface area (Å²) in [5.41, 5.74) is 1.95. The summed E-state index contributed by atoms with van der Waals surface area (Å²) in [6.07, 6.45) is 2.13. The number of aliphatic hydroxyl groups is 1. The van der Waals surface area contributed by atoms with Crippen molar-refractivity contribution in [1.82, 2.24) is 10.3 Å². The van der Waals surface area contributed by atoms with E-state index in [1.165, 1.54) is 17.0 Å². The summed E-state index contributed by atoms with van der Waals surface area (Å²) in [7, 11) is 1.61. The number of benzene rings is 1. The molecular formula is C25H33FN2O3S. The van der Waals surface area contributed by atoms with Gasteiger partial charge in [-0.05, 0) is 60.8 Å². The van der Waals surface area contributed by atoms with Crippen molar-refractivity contribution in [3.05, 3.63) is 40.7 Å². The van der Waals surface area contributed by atoms with Crippen molar-refractivity contribution >= 4 is 17.2 Å². The zero-order valence-electron chi connectivity index (χ0n) is 19.2. The maximum Gasteiger partial charge on any atom is 0.223 e. The van der Waals surface area contributed by atoms with Crippen molar-refractivity contribution in [3.8, 4) is 10.6 Å². The lowest BCUT2D eigenvalue weighted by molar-refractivity contribution is -0.135. The number of carbonyl (C=O) groups excluding carboxylic acids is 1. The standard InChI is InChI=1S/C25H33FN2O3S/c1-14(23(30)27-11-12-31-4)18-9-10-25(3)13-19-21(15(2)20(25)22(18)29)28-24(32-19)16-5-7-17(26)8-6-16/h5-8,14-15,18,20,22,29H,9-13H2,1-4H3,(H,27,30)/t14-,15-,18?,20+,22-,25-/m0/s1. The Morgan fingerprint density at radius 2 is 2.12 bits per heavy atom. The van der Waals surface area contributed by atoms with Gasteiger partial charge in [-0.2, -0.15) is 0 Å². The van der Waals surface area contributed by atoms with E-state index in [0.717, 1.165) is 35.5 Å². The van der Waals surface area contributed by atoms with Crippen LogP contribution >= 0.6 is 11.3 Å². The van der Waals surface area contributed by atoms with Gasteiger partial charge < -0.3 is 15.2 Å². The van der Waals surface area contributed by atoms with E-state index in [-0.39, 0.29) is 40.8 Å². The first kappa shape index (κ1) is 23.3. The van der Waals surface area contributed by atoms with Crippen LogP contribution in [0, 0.1) is 29.0 Å². The maximum absolute atomic E-state index is 13.4. The van der Waals surface area contributed by atoms with E-state index in [4.69, 9.17) is 9.72 Å². The third kappa shape index (κ3) is 4.22. The van der Waals surface area contributed by atoms with Gasteiger partial charge in [0.1, 0.15) is 10.8 Å². The first-order valence-electron chi connectivity index (χ1n) is 11.5. The van der Waals surface area contributed by atoms with Crippen molar-refractivity contribution in [2.75, 3.05) is 20.3 Å². The van der Waals surface area contributed by atoms with Gasteiger partial charge in [0, 0.05) is 35.9 Å². The SMILES string of the molecule is COCCNC(=O)[C@@H](C)C1CC[C@@]2(C)Cc3sc(-c4ccc(F)cc4)nc3[C@@H](C)[C@@H]2[C@H]1O. The maximum atomic E-state index is 13.4. The lowest BCUT2D eigenvalue weighted by Crippen LogP contribution is -2.53. The molecule has 1 aromatic carbocycles. The number of nitrogens with one attached hydrogen (secondary N) is 1. The molecule has 2 aliphatic rings. The second-order valence-electron chi connectivity index (χ2n) is 9.75. The predicted octanol–water partition coefficient (Wildman–Crippen LogP) is 4.40. The summed E-state index contributed by atoms with van der Waals surface area (Å²) in [6.45, 7) is 7.31. The van der Waals surface area contributed by atoms with Gasteiger partial charge in [0.05, 0.1) is 18.4 Å². The van der Waals surface area contributed by atoms with Crippen LogP contribution in [0.3, 0.4) is 0 Å². The molecule has 2 aromatic rings. The van der Waals surface area contributed by atoms with Crippen LogP contribution in [0.25, 0.3) is 10.6 Å². The lowest BCUT2D eigenvalue weighted by Gasteiger charge is -2.53. The summed E-state index contributed by atoms with van der Waals surface area (Å²) >= 11 is 1.69. The van der Waals surface area contributed by atoms with Crippen LogP contribution in [0.4, 0.5) is 4.39 Å². The minimum atomic E-state index is -0.559. The molecule has 1 fully saturated rings. The second kappa shape index (κ2) is 9.20. The van der Waals surface area contributed by atoms with Gasteiger partial charge in [0.2, 0.25) is 5.91 Å². The van der Waals surface area contributed by atoms with Crippen LogP contribution in [0.15, 0.2) is 24.3 Å². The van der Waals surface area contributed by atoms with Gasteiger partial charge in [-0.25, -0.2) is 9.37 Å². The number of amides is 1. The molecule has 0 bridgehead atoms. The first-order valence-corrected chi connectivity index (χ1v) is 12.3. The van der Waals surface area contributed by atoms with Gasteiger partial charge in [0.25, 0.3) is 0 Å². The van der Waals surface area contributed by atoms with Crippen LogP contribution in [0.2, 0.25) is 0 Å². The number of halogens is 1. The summed E-state index contributed by atoms with van der Waals surface area (Å²) in [4.78, 5) is 18.9. The molecule has 174 valence electrons. The van der Waals surface area contributed by atoms with Crippen molar-refractivity contribution < 1.29 is 19.0 Å². The molecule has 0 aliphatic heterocycles. The quantitative estimate of drug-likeness (QED) is 0.627. The van der Waals surface area contributed by atoms with E-state index < -0.39 is 6.10 Å². The fourth-order valence-electron chi connectivity index (χ4n) is 5.89. The van der Waals surface area contributed by atoms with Gasteiger partial charge >= 0.3 is 0 Å². The van der Waals surface area contributed by atoms with Crippen LogP contribution in [0.1, 0.15) is 50.1 Å². The smallest absolute Gasteiger partial charge is 0.223 e. The fraction of sp³-hybridized carbons (Fsp3) is 0.600. The number of carbonyl (C=O) groups is 1. The number of aliphatic hydroxyl groups excluding tert-OH is 1. The number of rotatable bonds is 6. The molecule has 4 rings (SSSR count). The van der Waals surface area contributed by atoms with Gasteiger partial charge in [-0.3, -0.25) is 4.79 Å². The molecule has 1 amide bonds. The second-order valence-corrected chi connectivity index (χ2v) is 10.8. The molecule has 6 atom stereocenters. The number of nitrogens with zero attached hydrogens (tertiary/aromatic N) is 1. The summed E-state index contributed by atoms with van der Waals surface area (Å²) in [6, 6.07) is 6.48. The van der Waals surface area contributed by atoms with E-state index in [2.05, 4.69) is 19.2 Å². The molecule has 0 spiro atoms. The van der Waals surface area contributed by atoms with Crippen molar-refractivity contribution in [2.24, 2.45) is 23.2 Å². The van der Waals surface area contributed by atoms with Crippen LogP contribution in [-0.4, -0.2) is 42.4 Å². The van der Waals surface area contributed by atoms with E-state index in [9.17, 15) is 14.3 Å². The molecule has 0 saturated heterocycles. The average Bonchev–Trinajstić information content (AvgIpc) is 3.17. The van der Waals surface area contributed by atoms with Gasteiger partial charge in [-0.1, -0.05) is 20.8 Å². The Balaban J connectivity index is 1.57. The summed E-state index contributed by atoms with van der Waals surface area (Å²) in [5, 5.41) is 15.3. The van der Waals surface area contributed by atoms with Crippen LogP contribution in [-0.2, 0) is 16.0 Å². The minimum Gasteiger partial charge on any atom is -0.392 e. The van der Waals surface area contributed by atoms with Crippen molar-refractivity contribution in [2.45, 2.75) is 52.1 Å². The number of hydrogen-bond donors (Lipinski definition) is 2. The molecule has 5 nitrogen and oxygen atoms in total. The monoisotopic (exact) mass is 460 g/mol. The molecule has 1 unspecified atom stereocenters. The summed E-state index contributed by atoms with van der Waals surface area (Å²) < 4.78 is 18.4. The largest absolute Gasteiger partial charge is 0.392 e. The minimum absolute atomic E-state index is 0.0221. The van der Waals surface area contributed by atoms with Gasteiger partial charge in [0.15, 0.2) is 0 Å². The predicted molar refractivity (Wildman–Crippen MR) is 124 cm³/mol. The average molecular weight is 461 g/mol. The van der Waals surface area contributed by atoms with E-state index >= 15 is 0 Å². The summed E-state index contributed by atoms with van der Waals surface area (Å²) in [5.74, 6) is -0.468. The molecule has 7 heteroatoms. The molecule has 2 aliphatic carbocycles. The Labute approximate surface area is 193 Å². The van der Waals surface area contributed by atoms with E-state index in [1.807, 2.05) is 6.92 Å². The number of ether oxygens (including phenoxy) is 1. The molecule has 1 heterocycles. The zero-order chi connectivity index (χ0) is 23.0. The lowest BCUT2D eigenvalue weighted by atomic mass is 9.53. The van der Waals surface area contributed by atoms with Crippen LogP contribution < -0.4 is 5.32 Å². The van der Waals surface area contributed by atoms with Crippen molar-refractivity contribution in [3.63, 3.8) is 0 Å². The Hall–Kier alpha value is -1.83. The number of fused-ring (bicyclic) bond motifs is 2. The normalized spacial score (nSPS) is 30.3. The zero-order valence-corrected chi connectivity index (χ0v) is 20.0. The van der Waals surface area contributed by atoms with Crippen LogP contribution in [0.5, 0.6) is 0 Å². The van der Waals surface area contributed by atoms with Gasteiger partial charge in [-0.15, -0.1) is 11.3 Å². The Morgan fingerprint density at radius 3 is 2.81 bits per heavy atom.